The van der Waals surface area contributed by atoms with Gasteiger partial charge in [0.15, 0.2) is 0 Å². The van der Waals surface area contributed by atoms with Gasteiger partial charge < -0.3 is 14.8 Å². The predicted octanol–water partition coefficient (Wildman–Crippen LogP) is 2.80. The Hall–Kier alpha value is -3.00. The van der Waals surface area contributed by atoms with Crippen LogP contribution in [0.2, 0.25) is 0 Å². The lowest BCUT2D eigenvalue weighted by molar-refractivity contribution is -0.141. The zero-order chi connectivity index (χ0) is 19.6. The van der Waals surface area contributed by atoms with Crippen molar-refractivity contribution in [2.75, 3.05) is 11.9 Å². The molecular weight excluding hydrogens is 368 g/mol. The Labute approximate surface area is 161 Å². The number of amides is 1. The minimum atomic E-state index is -0.672. The quantitative estimate of drug-likeness (QED) is 0.552. The Morgan fingerprint density at radius 2 is 1.78 bits per heavy atom. The van der Waals surface area contributed by atoms with Gasteiger partial charge in [-0.1, -0.05) is 17.7 Å². The molecule has 27 heavy (non-hydrogen) atoms. The second kappa shape index (κ2) is 10.2. The van der Waals surface area contributed by atoms with Crippen LogP contribution in [-0.2, 0) is 36.9 Å². The van der Waals surface area contributed by atoms with Crippen molar-refractivity contribution in [1.29, 1.82) is 0 Å². The van der Waals surface area contributed by atoms with Crippen molar-refractivity contribution in [2.45, 2.75) is 26.9 Å². The number of ether oxygens (including phenoxy) is 2. The highest BCUT2D eigenvalue weighted by atomic mass is 32.1. The molecule has 0 spiro atoms. The molecule has 1 heterocycles. The lowest BCUT2D eigenvalue weighted by Gasteiger charge is -2.04. The monoisotopic (exact) mass is 388 g/mol. The maximum Gasteiger partial charge on any atom is 0.331 e. The summed E-state index contributed by atoms with van der Waals surface area (Å²) >= 11 is 1.31. The number of rotatable bonds is 8. The molecule has 1 amide bonds. The molecule has 0 unspecified atom stereocenters. The van der Waals surface area contributed by atoms with Crippen molar-refractivity contribution in [3.63, 3.8) is 0 Å². The van der Waals surface area contributed by atoms with Gasteiger partial charge in [-0.3, -0.25) is 4.79 Å². The van der Waals surface area contributed by atoms with E-state index in [2.05, 4.69) is 15.0 Å². The summed E-state index contributed by atoms with van der Waals surface area (Å²) in [6.45, 7) is 3.84. The van der Waals surface area contributed by atoms with Crippen molar-refractivity contribution in [1.82, 2.24) is 4.98 Å². The number of anilines is 1. The lowest BCUT2D eigenvalue weighted by atomic mass is 10.2. The van der Waals surface area contributed by atoms with E-state index in [1.165, 1.54) is 11.3 Å². The number of hydrogen-bond donors (Lipinski definition) is 1. The van der Waals surface area contributed by atoms with E-state index in [1.807, 2.05) is 31.2 Å². The zero-order valence-corrected chi connectivity index (χ0v) is 15.9. The van der Waals surface area contributed by atoms with Crippen LogP contribution in [0.15, 0.2) is 41.8 Å². The SMILES string of the molecule is CCOC(=O)C=CC(=O)OCc1csc(CC(=O)Nc2ccc(C)cc2)n1. The molecule has 7 nitrogen and oxygen atoms in total. The average Bonchev–Trinajstić information content (AvgIpc) is 3.07. The standard InChI is InChI=1S/C19H20N2O5S/c1-3-25-18(23)8-9-19(24)26-11-15-12-27-17(21-15)10-16(22)20-14-6-4-13(2)5-7-14/h4-9,12H,3,10-11H2,1-2H3,(H,20,22). The Balaban J connectivity index is 1.78. The number of nitrogens with one attached hydrogen (secondary N) is 1. The van der Waals surface area contributed by atoms with E-state index < -0.39 is 11.9 Å². The molecular formula is C19H20N2O5S. The number of carbonyl (C=O) groups excluding carboxylic acids is 3. The Kier molecular flexibility index (Phi) is 7.69. The maximum absolute atomic E-state index is 12.1. The van der Waals surface area contributed by atoms with Gasteiger partial charge in [0.05, 0.1) is 18.7 Å². The summed E-state index contributed by atoms with van der Waals surface area (Å²) in [5, 5.41) is 5.14. The summed E-state index contributed by atoms with van der Waals surface area (Å²) in [5.41, 5.74) is 2.38. The van der Waals surface area contributed by atoms with Gasteiger partial charge in [-0.25, -0.2) is 14.6 Å². The van der Waals surface area contributed by atoms with Gasteiger partial charge in [-0.05, 0) is 26.0 Å². The molecule has 1 aromatic carbocycles. The number of carbonyl (C=O) groups is 3. The predicted molar refractivity (Wildman–Crippen MR) is 101 cm³/mol. The topological polar surface area (TPSA) is 94.6 Å². The van der Waals surface area contributed by atoms with Crippen LogP contribution in [-0.4, -0.2) is 29.4 Å². The number of thiazole rings is 1. The van der Waals surface area contributed by atoms with Crippen molar-refractivity contribution in [2.24, 2.45) is 0 Å². The first-order valence-corrected chi connectivity index (χ1v) is 9.15. The normalized spacial score (nSPS) is 10.6. The van der Waals surface area contributed by atoms with E-state index in [0.29, 0.717) is 10.7 Å². The van der Waals surface area contributed by atoms with Crippen molar-refractivity contribution in [3.05, 3.63) is 58.1 Å². The molecule has 142 valence electrons. The van der Waals surface area contributed by atoms with Crippen LogP contribution in [0.1, 0.15) is 23.2 Å². The average molecular weight is 388 g/mol. The van der Waals surface area contributed by atoms with E-state index in [0.717, 1.165) is 23.4 Å². The second-order valence-corrected chi connectivity index (χ2v) is 6.46. The van der Waals surface area contributed by atoms with Crippen LogP contribution < -0.4 is 5.32 Å². The fourth-order valence-electron chi connectivity index (χ4n) is 2.00. The first-order valence-electron chi connectivity index (χ1n) is 8.27. The summed E-state index contributed by atoms with van der Waals surface area (Å²) in [7, 11) is 0. The zero-order valence-electron chi connectivity index (χ0n) is 15.1. The largest absolute Gasteiger partial charge is 0.463 e. The highest BCUT2D eigenvalue weighted by Gasteiger charge is 2.10. The van der Waals surface area contributed by atoms with Gasteiger partial charge in [-0.15, -0.1) is 11.3 Å². The molecule has 1 aromatic heterocycles. The molecule has 0 atom stereocenters. The lowest BCUT2D eigenvalue weighted by Crippen LogP contribution is -2.14. The minimum Gasteiger partial charge on any atom is -0.463 e. The highest BCUT2D eigenvalue weighted by molar-refractivity contribution is 7.09. The summed E-state index contributed by atoms with van der Waals surface area (Å²) in [5.74, 6) is -1.45. The Bertz CT molecular complexity index is 827. The van der Waals surface area contributed by atoms with Crippen LogP contribution in [0.5, 0.6) is 0 Å². The van der Waals surface area contributed by atoms with E-state index >= 15 is 0 Å². The molecule has 2 aromatic rings. The molecule has 2 rings (SSSR count). The molecule has 0 aliphatic carbocycles. The van der Waals surface area contributed by atoms with Gasteiger partial charge in [-0.2, -0.15) is 0 Å². The van der Waals surface area contributed by atoms with Crippen molar-refractivity contribution in [3.8, 4) is 0 Å². The van der Waals surface area contributed by atoms with Crippen LogP contribution >= 0.6 is 11.3 Å². The third-order valence-corrected chi connectivity index (χ3v) is 4.15. The summed E-state index contributed by atoms with van der Waals surface area (Å²) < 4.78 is 9.65. The number of hydrogen-bond acceptors (Lipinski definition) is 7. The van der Waals surface area contributed by atoms with E-state index in [-0.39, 0.29) is 25.5 Å². The van der Waals surface area contributed by atoms with Crippen LogP contribution in [0.4, 0.5) is 5.69 Å². The number of aromatic nitrogens is 1. The fraction of sp³-hybridized carbons (Fsp3) is 0.263. The van der Waals surface area contributed by atoms with E-state index in [9.17, 15) is 14.4 Å². The van der Waals surface area contributed by atoms with Crippen LogP contribution in [0.3, 0.4) is 0 Å². The summed E-state index contributed by atoms with van der Waals surface area (Å²) in [4.78, 5) is 39.0. The molecule has 0 saturated carbocycles. The first kappa shape index (κ1) is 20.3. The number of benzene rings is 1. The highest BCUT2D eigenvalue weighted by Crippen LogP contribution is 2.14. The first-order chi connectivity index (χ1) is 13.0. The third-order valence-electron chi connectivity index (χ3n) is 3.25. The minimum absolute atomic E-state index is 0.0396. The van der Waals surface area contributed by atoms with E-state index in [4.69, 9.17) is 4.74 Å². The van der Waals surface area contributed by atoms with Gasteiger partial charge in [0.2, 0.25) is 5.91 Å². The van der Waals surface area contributed by atoms with E-state index in [1.54, 1.807) is 12.3 Å². The molecule has 0 radical (unpaired) electrons. The second-order valence-electron chi connectivity index (χ2n) is 5.52. The summed E-state index contributed by atoms with van der Waals surface area (Å²) in [6.07, 6.45) is 2.14. The molecule has 0 aliphatic rings. The van der Waals surface area contributed by atoms with Gasteiger partial charge >= 0.3 is 11.9 Å². The molecule has 1 N–H and O–H groups in total. The maximum atomic E-state index is 12.1. The summed E-state index contributed by atoms with van der Waals surface area (Å²) in [6, 6.07) is 7.51. The Morgan fingerprint density at radius 3 is 2.44 bits per heavy atom. The third kappa shape index (κ3) is 7.41. The number of esters is 2. The molecule has 0 aliphatic heterocycles. The smallest absolute Gasteiger partial charge is 0.331 e. The van der Waals surface area contributed by atoms with Gasteiger partial charge in [0.25, 0.3) is 0 Å². The van der Waals surface area contributed by atoms with Crippen LogP contribution in [0.25, 0.3) is 0 Å². The van der Waals surface area contributed by atoms with Crippen LogP contribution in [0, 0.1) is 6.92 Å². The van der Waals surface area contributed by atoms with Crippen molar-refractivity contribution >= 4 is 34.9 Å². The molecule has 0 bridgehead atoms. The molecule has 8 heteroatoms. The number of nitrogens with zero attached hydrogens (tertiary/aromatic N) is 1. The number of aryl methyl sites for hydroxylation is 1. The Morgan fingerprint density at radius 1 is 1.11 bits per heavy atom. The van der Waals surface area contributed by atoms with Gasteiger partial charge in [0, 0.05) is 23.2 Å². The fourth-order valence-corrected chi connectivity index (χ4v) is 2.77. The van der Waals surface area contributed by atoms with Crippen molar-refractivity contribution < 1.29 is 23.9 Å². The molecule has 0 saturated heterocycles. The molecule has 0 fully saturated rings. The van der Waals surface area contributed by atoms with Gasteiger partial charge in [0.1, 0.15) is 11.6 Å².